The molecule has 1 aromatic carbocycles. The van der Waals surface area contributed by atoms with Crippen LogP contribution in [0.5, 0.6) is 0 Å². The van der Waals surface area contributed by atoms with Crippen LogP contribution in [0.2, 0.25) is 0 Å². The molecule has 2 rings (SSSR count). The average molecular weight is 205 g/mol. The molecule has 15 heavy (non-hydrogen) atoms. The predicted molar refractivity (Wildman–Crippen MR) is 63.1 cm³/mol. The molecule has 1 N–H and O–H groups in total. The van der Waals surface area contributed by atoms with Gasteiger partial charge in [-0.2, -0.15) is 0 Å². The Labute approximate surface area is 91.5 Å². The molecule has 0 bridgehead atoms. The van der Waals surface area contributed by atoms with Crippen LogP contribution >= 0.6 is 0 Å². The van der Waals surface area contributed by atoms with Crippen LogP contribution < -0.4 is 4.90 Å². The van der Waals surface area contributed by atoms with Crippen molar-refractivity contribution < 1.29 is 5.11 Å². The van der Waals surface area contributed by atoms with Crippen molar-refractivity contribution >= 4 is 5.69 Å². The Bertz CT molecular complexity index is 331. The SMILES string of the molecule is CC(O)c1ccccc1N(C)CC1CC1. The number of hydrogen-bond donors (Lipinski definition) is 1. The van der Waals surface area contributed by atoms with E-state index in [9.17, 15) is 5.11 Å². The molecule has 0 heterocycles. The lowest BCUT2D eigenvalue weighted by Gasteiger charge is -2.23. The second kappa shape index (κ2) is 4.23. The van der Waals surface area contributed by atoms with Crippen LogP contribution in [0.1, 0.15) is 31.4 Å². The summed E-state index contributed by atoms with van der Waals surface area (Å²) in [6, 6.07) is 8.11. The number of nitrogens with zero attached hydrogens (tertiary/aromatic N) is 1. The second-order valence-corrected chi connectivity index (χ2v) is 4.56. The maximum Gasteiger partial charge on any atom is 0.0781 e. The number of hydrogen-bond acceptors (Lipinski definition) is 2. The lowest BCUT2D eigenvalue weighted by Crippen LogP contribution is -2.21. The van der Waals surface area contributed by atoms with Gasteiger partial charge in [0.25, 0.3) is 0 Å². The molecule has 1 aromatic rings. The molecule has 1 aliphatic carbocycles. The monoisotopic (exact) mass is 205 g/mol. The Kier molecular flexibility index (Phi) is 2.96. The summed E-state index contributed by atoms with van der Waals surface area (Å²) in [5, 5.41) is 9.68. The quantitative estimate of drug-likeness (QED) is 0.816. The highest BCUT2D eigenvalue weighted by Gasteiger charge is 2.23. The number of anilines is 1. The minimum Gasteiger partial charge on any atom is -0.389 e. The molecule has 2 heteroatoms. The molecule has 0 aromatic heterocycles. The standard InChI is InChI=1S/C13H19NO/c1-10(15)12-5-3-4-6-13(12)14(2)9-11-7-8-11/h3-6,10-11,15H,7-9H2,1-2H3. The van der Waals surface area contributed by atoms with Gasteiger partial charge in [0, 0.05) is 24.8 Å². The first-order chi connectivity index (χ1) is 7.18. The molecule has 1 atom stereocenters. The Hall–Kier alpha value is -1.02. The third-order valence-corrected chi connectivity index (χ3v) is 3.03. The lowest BCUT2D eigenvalue weighted by molar-refractivity contribution is 0.199. The van der Waals surface area contributed by atoms with Crippen LogP contribution in [0.15, 0.2) is 24.3 Å². The van der Waals surface area contributed by atoms with Crippen LogP contribution in [0.25, 0.3) is 0 Å². The fourth-order valence-corrected chi connectivity index (χ4v) is 1.97. The van der Waals surface area contributed by atoms with Crippen molar-refractivity contribution in [2.45, 2.75) is 25.9 Å². The van der Waals surface area contributed by atoms with E-state index in [1.807, 2.05) is 25.1 Å². The molecule has 0 amide bonds. The summed E-state index contributed by atoms with van der Waals surface area (Å²) >= 11 is 0. The first-order valence-corrected chi connectivity index (χ1v) is 5.66. The Morgan fingerprint density at radius 3 is 2.67 bits per heavy atom. The third kappa shape index (κ3) is 2.51. The van der Waals surface area contributed by atoms with E-state index in [1.54, 1.807) is 0 Å². The summed E-state index contributed by atoms with van der Waals surface area (Å²) in [5.41, 5.74) is 2.19. The largest absolute Gasteiger partial charge is 0.389 e. The minimum absolute atomic E-state index is 0.386. The summed E-state index contributed by atoms with van der Waals surface area (Å²) in [5.74, 6) is 0.872. The van der Waals surface area contributed by atoms with E-state index in [2.05, 4.69) is 18.0 Å². The summed E-state index contributed by atoms with van der Waals surface area (Å²) in [7, 11) is 2.11. The van der Waals surface area contributed by atoms with Gasteiger partial charge in [0.15, 0.2) is 0 Å². The molecular weight excluding hydrogens is 186 g/mol. The highest BCUT2D eigenvalue weighted by molar-refractivity contribution is 5.54. The summed E-state index contributed by atoms with van der Waals surface area (Å²) in [4.78, 5) is 2.26. The van der Waals surface area contributed by atoms with E-state index in [4.69, 9.17) is 0 Å². The van der Waals surface area contributed by atoms with Crippen molar-refractivity contribution in [2.24, 2.45) is 5.92 Å². The normalized spacial score (nSPS) is 17.5. The maximum absolute atomic E-state index is 9.68. The predicted octanol–water partition coefficient (Wildman–Crippen LogP) is 2.59. The number of rotatable bonds is 4. The summed E-state index contributed by atoms with van der Waals surface area (Å²) in [6.07, 6.45) is 2.34. The molecule has 0 saturated heterocycles. The van der Waals surface area contributed by atoms with Crippen LogP contribution in [0.4, 0.5) is 5.69 Å². The smallest absolute Gasteiger partial charge is 0.0781 e. The molecule has 0 aliphatic heterocycles. The van der Waals surface area contributed by atoms with Crippen molar-refractivity contribution in [3.8, 4) is 0 Å². The summed E-state index contributed by atoms with van der Waals surface area (Å²) < 4.78 is 0. The maximum atomic E-state index is 9.68. The zero-order chi connectivity index (χ0) is 10.8. The molecule has 82 valence electrons. The van der Waals surface area contributed by atoms with Gasteiger partial charge in [0.2, 0.25) is 0 Å². The molecule has 0 spiro atoms. The van der Waals surface area contributed by atoms with Crippen molar-refractivity contribution in [3.05, 3.63) is 29.8 Å². The van der Waals surface area contributed by atoms with Gasteiger partial charge in [-0.15, -0.1) is 0 Å². The first kappa shape index (κ1) is 10.5. The number of benzene rings is 1. The van der Waals surface area contributed by atoms with E-state index in [-0.39, 0.29) is 6.10 Å². The van der Waals surface area contributed by atoms with Gasteiger partial charge in [-0.05, 0) is 31.7 Å². The Morgan fingerprint density at radius 1 is 1.40 bits per heavy atom. The topological polar surface area (TPSA) is 23.5 Å². The van der Waals surface area contributed by atoms with Gasteiger partial charge >= 0.3 is 0 Å². The van der Waals surface area contributed by atoms with Crippen LogP contribution in [0.3, 0.4) is 0 Å². The first-order valence-electron chi connectivity index (χ1n) is 5.66. The fraction of sp³-hybridized carbons (Fsp3) is 0.538. The molecule has 1 fully saturated rings. The van der Waals surface area contributed by atoms with Gasteiger partial charge in [0.1, 0.15) is 0 Å². The van der Waals surface area contributed by atoms with Gasteiger partial charge in [-0.25, -0.2) is 0 Å². The average Bonchev–Trinajstić information content (AvgIpc) is 3.01. The fourth-order valence-electron chi connectivity index (χ4n) is 1.97. The van der Waals surface area contributed by atoms with Gasteiger partial charge in [0.05, 0.1) is 6.10 Å². The van der Waals surface area contributed by atoms with Crippen molar-refractivity contribution in [3.63, 3.8) is 0 Å². The van der Waals surface area contributed by atoms with Crippen molar-refractivity contribution in [1.82, 2.24) is 0 Å². The van der Waals surface area contributed by atoms with E-state index in [0.717, 1.165) is 18.0 Å². The van der Waals surface area contributed by atoms with E-state index in [1.165, 1.54) is 18.5 Å². The Morgan fingerprint density at radius 2 is 2.07 bits per heavy atom. The van der Waals surface area contributed by atoms with Crippen molar-refractivity contribution in [2.75, 3.05) is 18.5 Å². The van der Waals surface area contributed by atoms with E-state index in [0.29, 0.717) is 0 Å². The minimum atomic E-state index is -0.386. The molecule has 1 unspecified atom stereocenters. The van der Waals surface area contributed by atoms with E-state index >= 15 is 0 Å². The zero-order valence-corrected chi connectivity index (χ0v) is 9.48. The third-order valence-electron chi connectivity index (χ3n) is 3.03. The molecular formula is C13H19NO. The van der Waals surface area contributed by atoms with E-state index < -0.39 is 0 Å². The molecule has 1 saturated carbocycles. The van der Waals surface area contributed by atoms with Crippen LogP contribution in [0, 0.1) is 5.92 Å². The number of aliphatic hydroxyl groups excluding tert-OH is 1. The number of para-hydroxylation sites is 1. The number of aliphatic hydroxyl groups is 1. The highest BCUT2D eigenvalue weighted by Crippen LogP contribution is 2.32. The van der Waals surface area contributed by atoms with Crippen molar-refractivity contribution in [1.29, 1.82) is 0 Å². The molecule has 1 aliphatic rings. The van der Waals surface area contributed by atoms with Gasteiger partial charge in [-0.3, -0.25) is 0 Å². The lowest BCUT2D eigenvalue weighted by atomic mass is 10.1. The molecule has 0 radical (unpaired) electrons. The summed E-state index contributed by atoms with van der Waals surface area (Å²) in [6.45, 7) is 2.94. The second-order valence-electron chi connectivity index (χ2n) is 4.56. The zero-order valence-electron chi connectivity index (χ0n) is 9.48. The van der Waals surface area contributed by atoms with Crippen LogP contribution in [-0.2, 0) is 0 Å². The van der Waals surface area contributed by atoms with Gasteiger partial charge in [-0.1, -0.05) is 18.2 Å². The van der Waals surface area contributed by atoms with Crippen LogP contribution in [-0.4, -0.2) is 18.7 Å². The highest BCUT2D eigenvalue weighted by atomic mass is 16.3. The Balaban J connectivity index is 2.16. The van der Waals surface area contributed by atoms with Gasteiger partial charge < -0.3 is 10.0 Å². The molecule has 2 nitrogen and oxygen atoms in total.